The molecule has 0 saturated carbocycles. The molecule has 2 rings (SSSR count). The Balaban J connectivity index is 2.49. The van der Waals surface area contributed by atoms with Crippen LogP contribution in [0.5, 0.6) is 0 Å². The van der Waals surface area contributed by atoms with Crippen molar-refractivity contribution in [2.24, 2.45) is 0 Å². The average Bonchev–Trinajstić information content (AvgIpc) is 2.47. The Labute approximate surface area is 96.7 Å². The molecule has 0 amide bonds. The van der Waals surface area contributed by atoms with Gasteiger partial charge in [-0.05, 0) is 43.2 Å². The molecule has 72 valence electrons. The number of thiophene rings is 1. The quantitative estimate of drug-likeness (QED) is 0.696. The fourth-order valence-electron chi connectivity index (χ4n) is 1.55. The van der Waals surface area contributed by atoms with E-state index in [2.05, 4.69) is 60.1 Å². The van der Waals surface area contributed by atoms with Crippen molar-refractivity contribution in [3.05, 3.63) is 44.6 Å². The standard InChI is InChI=1S/C12H11BrS/c1-8-7-12(9(2)14-8)10-3-5-11(13)6-4-10/h3-7H,1-2H3. The molecule has 0 atom stereocenters. The first-order valence-electron chi connectivity index (χ1n) is 4.50. The Morgan fingerprint density at radius 2 is 1.71 bits per heavy atom. The first-order chi connectivity index (χ1) is 6.66. The summed E-state index contributed by atoms with van der Waals surface area (Å²) in [7, 11) is 0. The molecule has 0 aliphatic rings. The van der Waals surface area contributed by atoms with Crippen LogP contribution in [0, 0.1) is 13.8 Å². The number of rotatable bonds is 1. The van der Waals surface area contributed by atoms with Crippen LogP contribution < -0.4 is 0 Å². The molecule has 0 aliphatic heterocycles. The largest absolute Gasteiger partial charge is 0.145 e. The third-order valence-electron chi connectivity index (χ3n) is 2.20. The second kappa shape index (κ2) is 3.87. The predicted octanol–water partition coefficient (Wildman–Crippen LogP) is 4.79. The molecule has 1 heterocycles. The van der Waals surface area contributed by atoms with E-state index in [0.29, 0.717) is 0 Å². The van der Waals surface area contributed by atoms with Gasteiger partial charge in [0.15, 0.2) is 0 Å². The summed E-state index contributed by atoms with van der Waals surface area (Å²) in [6.45, 7) is 4.33. The third-order valence-corrected chi connectivity index (χ3v) is 3.69. The molecular formula is C12H11BrS. The number of hydrogen-bond donors (Lipinski definition) is 0. The summed E-state index contributed by atoms with van der Waals surface area (Å²) >= 11 is 5.30. The molecule has 2 heteroatoms. The van der Waals surface area contributed by atoms with Crippen molar-refractivity contribution < 1.29 is 0 Å². The van der Waals surface area contributed by atoms with Gasteiger partial charge in [0.2, 0.25) is 0 Å². The summed E-state index contributed by atoms with van der Waals surface area (Å²) in [5.41, 5.74) is 2.66. The van der Waals surface area contributed by atoms with Gasteiger partial charge in [-0.3, -0.25) is 0 Å². The average molecular weight is 267 g/mol. The van der Waals surface area contributed by atoms with E-state index < -0.39 is 0 Å². The summed E-state index contributed by atoms with van der Waals surface area (Å²) in [5, 5.41) is 0. The van der Waals surface area contributed by atoms with Gasteiger partial charge in [-0.15, -0.1) is 11.3 Å². The lowest BCUT2D eigenvalue weighted by molar-refractivity contribution is 1.55. The molecule has 0 fully saturated rings. The molecule has 0 N–H and O–H groups in total. The lowest BCUT2D eigenvalue weighted by atomic mass is 10.1. The first kappa shape index (κ1) is 9.94. The summed E-state index contributed by atoms with van der Waals surface area (Å²) in [4.78, 5) is 2.77. The monoisotopic (exact) mass is 266 g/mol. The highest BCUT2D eigenvalue weighted by molar-refractivity contribution is 9.10. The normalized spacial score (nSPS) is 10.5. The van der Waals surface area contributed by atoms with Crippen LogP contribution in [0.3, 0.4) is 0 Å². The fourth-order valence-corrected chi connectivity index (χ4v) is 2.76. The molecule has 0 unspecified atom stereocenters. The van der Waals surface area contributed by atoms with E-state index in [1.165, 1.54) is 20.9 Å². The maximum Gasteiger partial charge on any atom is 0.0175 e. The Hall–Kier alpha value is -0.600. The zero-order valence-corrected chi connectivity index (χ0v) is 10.6. The minimum Gasteiger partial charge on any atom is -0.145 e. The molecular weight excluding hydrogens is 256 g/mol. The van der Waals surface area contributed by atoms with Gasteiger partial charge in [-0.25, -0.2) is 0 Å². The van der Waals surface area contributed by atoms with Crippen LogP contribution in [-0.4, -0.2) is 0 Å². The van der Waals surface area contributed by atoms with Crippen molar-refractivity contribution in [3.63, 3.8) is 0 Å². The maximum absolute atomic E-state index is 3.44. The van der Waals surface area contributed by atoms with Crippen molar-refractivity contribution in [1.29, 1.82) is 0 Å². The Bertz CT molecular complexity index is 440. The summed E-state index contributed by atoms with van der Waals surface area (Å²) in [6, 6.07) is 10.7. The second-order valence-electron chi connectivity index (χ2n) is 3.33. The molecule has 0 saturated heterocycles. The van der Waals surface area contributed by atoms with Crippen molar-refractivity contribution in [2.45, 2.75) is 13.8 Å². The van der Waals surface area contributed by atoms with Gasteiger partial charge in [0.25, 0.3) is 0 Å². The molecule has 0 spiro atoms. The number of aryl methyl sites for hydroxylation is 2. The van der Waals surface area contributed by atoms with Crippen LogP contribution in [0.25, 0.3) is 11.1 Å². The minimum absolute atomic E-state index is 1.13. The molecule has 0 nitrogen and oxygen atoms in total. The molecule has 0 aliphatic carbocycles. The van der Waals surface area contributed by atoms with Gasteiger partial charge >= 0.3 is 0 Å². The van der Waals surface area contributed by atoms with Crippen molar-refractivity contribution in [1.82, 2.24) is 0 Å². The van der Waals surface area contributed by atoms with E-state index in [1.54, 1.807) is 0 Å². The lowest BCUT2D eigenvalue weighted by Crippen LogP contribution is -1.75. The van der Waals surface area contributed by atoms with Crippen LogP contribution >= 0.6 is 27.3 Å². The smallest absolute Gasteiger partial charge is 0.0175 e. The fraction of sp³-hybridized carbons (Fsp3) is 0.167. The first-order valence-corrected chi connectivity index (χ1v) is 6.11. The highest BCUT2D eigenvalue weighted by Gasteiger charge is 2.04. The summed E-state index contributed by atoms with van der Waals surface area (Å²) in [6.07, 6.45) is 0. The van der Waals surface area contributed by atoms with Crippen LogP contribution in [0.15, 0.2) is 34.8 Å². The van der Waals surface area contributed by atoms with E-state index >= 15 is 0 Å². The zero-order chi connectivity index (χ0) is 10.1. The zero-order valence-electron chi connectivity index (χ0n) is 8.17. The maximum atomic E-state index is 3.44. The van der Waals surface area contributed by atoms with Crippen LogP contribution in [-0.2, 0) is 0 Å². The third kappa shape index (κ3) is 1.91. The molecule has 2 aromatic rings. The highest BCUT2D eigenvalue weighted by Crippen LogP contribution is 2.30. The molecule has 0 radical (unpaired) electrons. The van der Waals surface area contributed by atoms with Gasteiger partial charge in [-0.1, -0.05) is 28.1 Å². The Kier molecular flexibility index (Phi) is 2.75. The highest BCUT2D eigenvalue weighted by atomic mass is 79.9. The van der Waals surface area contributed by atoms with E-state index in [4.69, 9.17) is 0 Å². The summed E-state index contributed by atoms with van der Waals surface area (Å²) < 4.78 is 1.13. The van der Waals surface area contributed by atoms with Gasteiger partial charge in [0.1, 0.15) is 0 Å². The number of hydrogen-bond acceptors (Lipinski definition) is 1. The number of halogens is 1. The van der Waals surface area contributed by atoms with Crippen LogP contribution in [0.2, 0.25) is 0 Å². The van der Waals surface area contributed by atoms with Crippen LogP contribution in [0.1, 0.15) is 9.75 Å². The van der Waals surface area contributed by atoms with Gasteiger partial charge < -0.3 is 0 Å². The Morgan fingerprint density at radius 1 is 1.07 bits per heavy atom. The minimum atomic E-state index is 1.13. The van der Waals surface area contributed by atoms with Crippen molar-refractivity contribution in [3.8, 4) is 11.1 Å². The molecule has 14 heavy (non-hydrogen) atoms. The predicted molar refractivity (Wildman–Crippen MR) is 66.9 cm³/mol. The van der Waals surface area contributed by atoms with Crippen molar-refractivity contribution in [2.75, 3.05) is 0 Å². The van der Waals surface area contributed by atoms with E-state index in [-0.39, 0.29) is 0 Å². The lowest BCUT2D eigenvalue weighted by Gasteiger charge is -1.99. The van der Waals surface area contributed by atoms with Crippen LogP contribution in [0.4, 0.5) is 0 Å². The Morgan fingerprint density at radius 3 is 2.21 bits per heavy atom. The molecule has 1 aromatic heterocycles. The van der Waals surface area contributed by atoms with Crippen molar-refractivity contribution >= 4 is 27.3 Å². The van der Waals surface area contributed by atoms with E-state index in [0.717, 1.165) is 4.47 Å². The summed E-state index contributed by atoms with van der Waals surface area (Å²) in [5.74, 6) is 0. The van der Waals surface area contributed by atoms with E-state index in [1.807, 2.05) is 11.3 Å². The van der Waals surface area contributed by atoms with Gasteiger partial charge in [-0.2, -0.15) is 0 Å². The van der Waals surface area contributed by atoms with Gasteiger partial charge in [0.05, 0.1) is 0 Å². The number of benzene rings is 1. The van der Waals surface area contributed by atoms with Gasteiger partial charge in [0, 0.05) is 14.2 Å². The van der Waals surface area contributed by atoms with E-state index in [9.17, 15) is 0 Å². The molecule has 1 aromatic carbocycles. The molecule has 0 bridgehead atoms. The topological polar surface area (TPSA) is 0 Å². The second-order valence-corrected chi connectivity index (χ2v) is 5.71. The SMILES string of the molecule is Cc1cc(-c2ccc(Br)cc2)c(C)s1.